The number of benzene rings is 1. The first-order valence-electron chi connectivity index (χ1n) is 9.77. The van der Waals surface area contributed by atoms with Gasteiger partial charge in [-0.3, -0.25) is 0 Å². The van der Waals surface area contributed by atoms with Gasteiger partial charge in [0.1, 0.15) is 11.8 Å². The zero-order valence-electron chi connectivity index (χ0n) is 17.3. The molecule has 0 radical (unpaired) electrons. The number of nitrogens with zero attached hydrogens (tertiary/aromatic N) is 3. The van der Waals surface area contributed by atoms with Gasteiger partial charge in [0.25, 0.3) is 0 Å². The van der Waals surface area contributed by atoms with E-state index in [1.807, 2.05) is 23.7 Å². The first kappa shape index (κ1) is 22.0. The molecule has 4 rings (SSSR count). The summed E-state index contributed by atoms with van der Waals surface area (Å²) in [5.74, 6) is 0.850. The number of carbonyl (C=O) groups is 2. The summed E-state index contributed by atoms with van der Waals surface area (Å²) in [7, 11) is 1.85. The number of carbonyl (C=O) groups excluding carboxylic acids is 2. The molecule has 3 heterocycles. The van der Waals surface area contributed by atoms with Gasteiger partial charge in [-0.05, 0) is 43.3 Å². The molecule has 0 bridgehead atoms. The van der Waals surface area contributed by atoms with Crippen LogP contribution in [0.5, 0.6) is 0 Å². The minimum Gasteiger partial charge on any atom is -0.467 e. The zero-order chi connectivity index (χ0) is 22.7. The smallest absolute Gasteiger partial charge is 0.338 e. The van der Waals surface area contributed by atoms with Gasteiger partial charge in [-0.25, -0.2) is 9.59 Å². The van der Waals surface area contributed by atoms with Crippen LogP contribution in [0.1, 0.15) is 18.7 Å². The fraction of sp³-hybridized carbons (Fsp3) is 0.238. The van der Waals surface area contributed by atoms with Gasteiger partial charge in [-0.2, -0.15) is 0 Å². The number of hydrogen-bond acceptors (Lipinski definition) is 7. The lowest BCUT2D eigenvalue weighted by Crippen LogP contribution is -2.46. The lowest BCUT2D eigenvalue weighted by Gasteiger charge is -2.27. The Bertz CT molecular complexity index is 1160. The lowest BCUT2D eigenvalue weighted by molar-refractivity contribution is -0.139. The number of furan rings is 1. The molecule has 11 heteroatoms. The van der Waals surface area contributed by atoms with Gasteiger partial charge in [0.2, 0.25) is 0 Å². The van der Waals surface area contributed by atoms with Crippen molar-refractivity contribution >= 4 is 35.4 Å². The van der Waals surface area contributed by atoms with E-state index in [0.29, 0.717) is 27.5 Å². The molecule has 2 amide bonds. The average molecular weight is 474 g/mol. The summed E-state index contributed by atoms with van der Waals surface area (Å²) in [6.45, 7) is 1.93. The van der Waals surface area contributed by atoms with Crippen molar-refractivity contribution in [2.45, 2.75) is 18.1 Å². The van der Waals surface area contributed by atoms with Crippen LogP contribution in [-0.2, 0) is 16.6 Å². The van der Waals surface area contributed by atoms with Crippen molar-refractivity contribution in [1.29, 1.82) is 0 Å². The van der Waals surface area contributed by atoms with Crippen LogP contribution in [0.25, 0.3) is 11.4 Å². The zero-order valence-corrected chi connectivity index (χ0v) is 18.9. The molecule has 1 unspecified atom stereocenters. The topological polar surface area (TPSA) is 111 Å². The second kappa shape index (κ2) is 9.49. The van der Waals surface area contributed by atoms with Crippen LogP contribution in [0.15, 0.2) is 63.5 Å². The average Bonchev–Trinajstić information content (AvgIpc) is 3.43. The van der Waals surface area contributed by atoms with Gasteiger partial charge < -0.3 is 24.4 Å². The molecule has 1 aliphatic rings. The second-order valence-corrected chi connectivity index (χ2v) is 8.20. The van der Waals surface area contributed by atoms with Gasteiger partial charge in [0.15, 0.2) is 11.0 Å². The van der Waals surface area contributed by atoms with E-state index in [0.717, 1.165) is 5.56 Å². The van der Waals surface area contributed by atoms with Gasteiger partial charge >= 0.3 is 12.0 Å². The van der Waals surface area contributed by atoms with Crippen molar-refractivity contribution in [3.63, 3.8) is 0 Å². The Morgan fingerprint density at radius 1 is 1.28 bits per heavy atom. The summed E-state index contributed by atoms with van der Waals surface area (Å²) in [4.78, 5) is 25.0. The molecule has 0 spiro atoms. The third-order valence-corrected chi connectivity index (χ3v) is 6.06. The fourth-order valence-corrected chi connectivity index (χ4v) is 4.28. The lowest BCUT2D eigenvalue weighted by atomic mass is 10.0. The summed E-state index contributed by atoms with van der Waals surface area (Å²) < 4.78 is 12.5. The summed E-state index contributed by atoms with van der Waals surface area (Å²) in [6, 6.07) is 9.50. The highest BCUT2D eigenvalue weighted by atomic mass is 35.5. The van der Waals surface area contributed by atoms with E-state index in [2.05, 4.69) is 20.8 Å². The Hall–Kier alpha value is -3.24. The third-order valence-electron chi connectivity index (χ3n) is 4.76. The van der Waals surface area contributed by atoms with Crippen molar-refractivity contribution in [3.8, 4) is 11.4 Å². The predicted octanol–water partition coefficient (Wildman–Crippen LogP) is 3.69. The maximum absolute atomic E-state index is 12.7. The van der Waals surface area contributed by atoms with E-state index in [1.54, 1.807) is 31.2 Å². The largest absolute Gasteiger partial charge is 0.467 e. The van der Waals surface area contributed by atoms with Crippen molar-refractivity contribution in [1.82, 2.24) is 25.4 Å². The van der Waals surface area contributed by atoms with Crippen molar-refractivity contribution in [2.75, 3.05) is 12.4 Å². The highest BCUT2D eigenvalue weighted by molar-refractivity contribution is 7.99. The Morgan fingerprint density at radius 2 is 2.06 bits per heavy atom. The molecule has 32 heavy (non-hydrogen) atoms. The van der Waals surface area contributed by atoms with E-state index in [1.165, 1.54) is 18.0 Å². The molecule has 0 saturated heterocycles. The standard InChI is InChI=1S/C21H20ClN5O4S/c1-3-30-19(28)16-14(23-20(29)24-17(16)15-5-4-10-31-15)11-32-21-26-25-18(27(21)2)12-6-8-13(22)9-7-12/h4-10,17H,3,11H2,1-2H3,(H2,23,24,29). The van der Waals surface area contributed by atoms with Crippen LogP contribution in [0.4, 0.5) is 4.79 Å². The number of nitrogens with one attached hydrogen (secondary N) is 2. The molecule has 1 aliphatic heterocycles. The van der Waals surface area contributed by atoms with Gasteiger partial charge in [-0.1, -0.05) is 23.4 Å². The Morgan fingerprint density at radius 3 is 2.75 bits per heavy atom. The first-order chi connectivity index (χ1) is 15.5. The molecular formula is C21H20ClN5O4S. The van der Waals surface area contributed by atoms with Crippen LogP contribution in [-0.4, -0.2) is 39.1 Å². The molecule has 1 aromatic carbocycles. The molecule has 9 nitrogen and oxygen atoms in total. The third kappa shape index (κ3) is 4.51. The molecule has 1 atom stereocenters. The first-order valence-corrected chi connectivity index (χ1v) is 11.1. The van der Waals surface area contributed by atoms with Crippen LogP contribution in [0.2, 0.25) is 5.02 Å². The maximum Gasteiger partial charge on any atom is 0.338 e. The number of hydrogen-bond donors (Lipinski definition) is 2. The fourth-order valence-electron chi connectivity index (χ4n) is 3.28. The number of esters is 1. The monoisotopic (exact) mass is 473 g/mol. The molecule has 0 fully saturated rings. The molecule has 2 aromatic heterocycles. The SMILES string of the molecule is CCOC(=O)C1=C(CSc2nnc(-c3ccc(Cl)cc3)n2C)NC(=O)NC1c1ccco1. The number of rotatable bonds is 7. The highest BCUT2D eigenvalue weighted by Gasteiger charge is 2.35. The van der Waals surface area contributed by atoms with Gasteiger partial charge in [0.05, 0.1) is 18.4 Å². The van der Waals surface area contributed by atoms with Crippen LogP contribution >= 0.6 is 23.4 Å². The van der Waals surface area contributed by atoms with Crippen LogP contribution in [0, 0.1) is 0 Å². The molecule has 3 aromatic rings. The Balaban J connectivity index is 1.62. The Kier molecular flexibility index (Phi) is 6.52. The molecule has 0 saturated carbocycles. The highest BCUT2D eigenvalue weighted by Crippen LogP contribution is 2.31. The normalized spacial score (nSPS) is 16.0. The number of urea groups is 1. The number of aromatic nitrogens is 3. The Labute approximate surface area is 193 Å². The molecular weight excluding hydrogens is 454 g/mol. The van der Waals surface area contributed by atoms with Gasteiger partial charge in [0, 0.05) is 29.1 Å². The van der Waals surface area contributed by atoms with E-state index in [-0.39, 0.29) is 17.9 Å². The van der Waals surface area contributed by atoms with Crippen LogP contribution in [0.3, 0.4) is 0 Å². The second-order valence-electron chi connectivity index (χ2n) is 6.82. The molecule has 2 N–H and O–H groups in total. The molecule has 0 aliphatic carbocycles. The van der Waals surface area contributed by atoms with E-state index in [9.17, 15) is 9.59 Å². The van der Waals surface area contributed by atoms with Gasteiger partial charge in [-0.15, -0.1) is 10.2 Å². The molecule has 166 valence electrons. The van der Waals surface area contributed by atoms with Crippen molar-refractivity contribution in [3.05, 3.63) is 64.7 Å². The van der Waals surface area contributed by atoms with E-state index >= 15 is 0 Å². The summed E-state index contributed by atoms with van der Waals surface area (Å²) in [5, 5.41) is 15.2. The van der Waals surface area contributed by atoms with E-state index < -0.39 is 18.0 Å². The number of halogens is 1. The van der Waals surface area contributed by atoms with E-state index in [4.69, 9.17) is 20.8 Å². The maximum atomic E-state index is 12.7. The number of amides is 2. The minimum absolute atomic E-state index is 0.204. The summed E-state index contributed by atoms with van der Waals surface area (Å²) in [6.07, 6.45) is 1.48. The van der Waals surface area contributed by atoms with Crippen molar-refractivity contribution in [2.24, 2.45) is 7.05 Å². The quantitative estimate of drug-likeness (QED) is 0.397. The minimum atomic E-state index is -0.752. The van der Waals surface area contributed by atoms with Crippen molar-refractivity contribution < 1.29 is 18.7 Å². The number of thioether (sulfide) groups is 1. The predicted molar refractivity (Wildman–Crippen MR) is 119 cm³/mol. The number of ether oxygens (including phenoxy) is 1. The summed E-state index contributed by atoms with van der Waals surface area (Å²) in [5.41, 5.74) is 1.58. The summed E-state index contributed by atoms with van der Waals surface area (Å²) >= 11 is 7.30. The van der Waals surface area contributed by atoms with Crippen LogP contribution < -0.4 is 10.6 Å².